The number of carbonyl (C=O) groups excluding carboxylic acids is 1. The van der Waals surface area contributed by atoms with Crippen LogP contribution in [0.5, 0.6) is 0 Å². The van der Waals surface area contributed by atoms with E-state index < -0.39 is 0 Å². The van der Waals surface area contributed by atoms with Gasteiger partial charge < -0.3 is 11.1 Å². The number of thiazole rings is 1. The molecule has 0 aliphatic carbocycles. The molecule has 2 aromatic rings. The maximum atomic E-state index is 12.8. The van der Waals surface area contributed by atoms with E-state index in [0.29, 0.717) is 10.8 Å². The summed E-state index contributed by atoms with van der Waals surface area (Å²) in [5, 5.41) is 4.73. The summed E-state index contributed by atoms with van der Waals surface area (Å²) in [5.74, 6) is -0.593. The minimum Gasteiger partial charge on any atom is -0.375 e. The molecule has 1 aromatic heterocycles. The van der Waals surface area contributed by atoms with Crippen molar-refractivity contribution >= 4 is 22.4 Å². The van der Waals surface area contributed by atoms with Crippen LogP contribution in [0.25, 0.3) is 0 Å². The van der Waals surface area contributed by atoms with Gasteiger partial charge in [-0.3, -0.25) is 4.79 Å². The molecule has 0 aliphatic heterocycles. The Labute approximate surface area is 108 Å². The summed E-state index contributed by atoms with van der Waals surface area (Å²) in [5.41, 5.74) is 6.59. The van der Waals surface area contributed by atoms with Gasteiger partial charge in [0.2, 0.25) is 0 Å². The highest BCUT2D eigenvalue weighted by atomic mass is 32.1. The van der Waals surface area contributed by atoms with Gasteiger partial charge in [-0.15, -0.1) is 11.3 Å². The van der Waals surface area contributed by atoms with Gasteiger partial charge in [-0.2, -0.15) is 0 Å². The summed E-state index contributed by atoms with van der Waals surface area (Å²) in [4.78, 5) is 15.7. The molecule has 0 saturated carbocycles. The molecule has 1 heterocycles. The predicted octanol–water partition coefficient (Wildman–Crippen LogP) is 2.36. The van der Waals surface area contributed by atoms with Crippen LogP contribution in [-0.4, -0.2) is 10.9 Å². The van der Waals surface area contributed by atoms with Gasteiger partial charge in [0.15, 0.2) is 5.13 Å². The van der Waals surface area contributed by atoms with Crippen LogP contribution in [0.1, 0.15) is 29.0 Å². The molecular weight excluding hydrogens is 253 g/mol. The number of hydrogen-bond acceptors (Lipinski definition) is 4. The molecule has 0 bridgehead atoms. The lowest BCUT2D eigenvalue weighted by Crippen LogP contribution is -2.26. The van der Waals surface area contributed by atoms with E-state index in [-0.39, 0.29) is 17.8 Å². The van der Waals surface area contributed by atoms with E-state index in [2.05, 4.69) is 10.3 Å². The summed E-state index contributed by atoms with van der Waals surface area (Å²) in [7, 11) is 0. The molecule has 4 nitrogen and oxygen atoms in total. The Kier molecular flexibility index (Phi) is 3.57. The quantitative estimate of drug-likeness (QED) is 0.895. The summed E-state index contributed by atoms with van der Waals surface area (Å²) < 4.78 is 12.8. The monoisotopic (exact) mass is 265 g/mol. The number of nitrogens with two attached hydrogens (primary N) is 1. The third-order valence-electron chi connectivity index (χ3n) is 2.47. The van der Waals surface area contributed by atoms with Crippen molar-refractivity contribution in [2.24, 2.45) is 0 Å². The van der Waals surface area contributed by atoms with E-state index in [1.54, 1.807) is 17.5 Å². The maximum absolute atomic E-state index is 12.8. The standard InChI is InChI=1S/C12H12FN3OS/c1-7(8-2-4-9(13)5-3-8)15-11(17)10-6-18-12(14)16-10/h2-7H,1H3,(H2,14,16)(H,15,17). The molecule has 1 aromatic carbocycles. The molecule has 1 atom stereocenters. The van der Waals surface area contributed by atoms with E-state index in [0.717, 1.165) is 5.56 Å². The van der Waals surface area contributed by atoms with Gasteiger partial charge in [-0.05, 0) is 24.6 Å². The van der Waals surface area contributed by atoms with Gasteiger partial charge in [0.1, 0.15) is 11.5 Å². The first kappa shape index (κ1) is 12.5. The normalized spacial score (nSPS) is 12.1. The second-order valence-electron chi connectivity index (χ2n) is 3.82. The molecule has 0 saturated heterocycles. The van der Waals surface area contributed by atoms with Gasteiger partial charge >= 0.3 is 0 Å². The minimum absolute atomic E-state index is 0.221. The number of rotatable bonds is 3. The zero-order valence-corrected chi connectivity index (χ0v) is 10.5. The number of aromatic nitrogens is 1. The molecule has 2 rings (SSSR count). The van der Waals surface area contributed by atoms with Crippen LogP contribution >= 0.6 is 11.3 Å². The smallest absolute Gasteiger partial charge is 0.271 e. The topological polar surface area (TPSA) is 68.0 Å². The molecule has 0 fully saturated rings. The Hall–Kier alpha value is -1.95. The molecule has 6 heteroatoms. The fourth-order valence-corrected chi connectivity index (χ4v) is 2.04. The lowest BCUT2D eigenvalue weighted by atomic mass is 10.1. The Morgan fingerprint density at radius 3 is 2.67 bits per heavy atom. The van der Waals surface area contributed by atoms with E-state index in [4.69, 9.17) is 5.73 Å². The van der Waals surface area contributed by atoms with E-state index in [1.165, 1.54) is 23.5 Å². The molecule has 94 valence electrons. The molecular formula is C12H12FN3OS. The fourth-order valence-electron chi connectivity index (χ4n) is 1.50. The SMILES string of the molecule is CC(NC(=O)c1csc(N)n1)c1ccc(F)cc1. The number of nitrogens with zero attached hydrogens (tertiary/aromatic N) is 1. The largest absolute Gasteiger partial charge is 0.375 e. The number of nitrogens with one attached hydrogen (secondary N) is 1. The molecule has 18 heavy (non-hydrogen) atoms. The summed E-state index contributed by atoms with van der Waals surface area (Å²) in [6, 6.07) is 5.77. The minimum atomic E-state index is -0.301. The van der Waals surface area contributed by atoms with E-state index in [9.17, 15) is 9.18 Å². The van der Waals surface area contributed by atoms with Crippen LogP contribution < -0.4 is 11.1 Å². The number of hydrogen-bond donors (Lipinski definition) is 2. The van der Waals surface area contributed by atoms with Crippen LogP contribution in [0.4, 0.5) is 9.52 Å². The van der Waals surface area contributed by atoms with Crippen molar-refractivity contribution in [3.05, 3.63) is 46.7 Å². The van der Waals surface area contributed by atoms with E-state index >= 15 is 0 Å². The predicted molar refractivity (Wildman–Crippen MR) is 68.8 cm³/mol. The number of halogens is 1. The highest BCUT2D eigenvalue weighted by Gasteiger charge is 2.13. The zero-order valence-electron chi connectivity index (χ0n) is 9.68. The summed E-state index contributed by atoms with van der Waals surface area (Å²) in [6.07, 6.45) is 0. The molecule has 3 N–H and O–H groups in total. The van der Waals surface area contributed by atoms with Crippen LogP contribution in [-0.2, 0) is 0 Å². The van der Waals surface area contributed by atoms with Gasteiger partial charge in [-0.25, -0.2) is 9.37 Å². The van der Waals surface area contributed by atoms with Crippen molar-refractivity contribution < 1.29 is 9.18 Å². The number of amides is 1. The average Bonchev–Trinajstić information content (AvgIpc) is 2.76. The first-order valence-corrected chi connectivity index (χ1v) is 6.21. The first-order valence-electron chi connectivity index (χ1n) is 5.33. The second-order valence-corrected chi connectivity index (χ2v) is 4.71. The molecule has 0 spiro atoms. The van der Waals surface area contributed by atoms with Gasteiger partial charge in [-0.1, -0.05) is 12.1 Å². The van der Waals surface area contributed by atoms with Crippen LogP contribution in [0.15, 0.2) is 29.6 Å². The summed E-state index contributed by atoms with van der Waals surface area (Å²) in [6.45, 7) is 1.82. The maximum Gasteiger partial charge on any atom is 0.271 e. The molecule has 0 aliphatic rings. The summed E-state index contributed by atoms with van der Waals surface area (Å²) >= 11 is 1.21. The average molecular weight is 265 g/mol. The lowest BCUT2D eigenvalue weighted by Gasteiger charge is -2.13. The third kappa shape index (κ3) is 2.84. The van der Waals surface area contributed by atoms with E-state index in [1.807, 2.05) is 6.92 Å². The van der Waals surface area contributed by atoms with Crippen LogP contribution in [0.2, 0.25) is 0 Å². The van der Waals surface area contributed by atoms with Crippen molar-refractivity contribution in [1.82, 2.24) is 10.3 Å². The lowest BCUT2D eigenvalue weighted by molar-refractivity contribution is 0.0935. The van der Waals surface area contributed by atoms with Crippen molar-refractivity contribution in [2.45, 2.75) is 13.0 Å². The Morgan fingerprint density at radius 2 is 2.11 bits per heavy atom. The van der Waals surface area contributed by atoms with Crippen molar-refractivity contribution in [3.63, 3.8) is 0 Å². The molecule has 1 unspecified atom stereocenters. The number of benzene rings is 1. The molecule has 0 radical (unpaired) electrons. The third-order valence-corrected chi connectivity index (χ3v) is 3.15. The number of anilines is 1. The van der Waals surface area contributed by atoms with Crippen molar-refractivity contribution in [3.8, 4) is 0 Å². The van der Waals surface area contributed by atoms with Crippen molar-refractivity contribution in [2.75, 3.05) is 5.73 Å². The van der Waals surface area contributed by atoms with Crippen LogP contribution in [0, 0.1) is 5.82 Å². The Morgan fingerprint density at radius 1 is 1.44 bits per heavy atom. The molecule has 1 amide bonds. The van der Waals surface area contributed by atoms with Crippen LogP contribution in [0.3, 0.4) is 0 Å². The Balaban J connectivity index is 2.05. The Bertz CT molecular complexity index is 553. The zero-order chi connectivity index (χ0) is 13.1. The van der Waals surface area contributed by atoms with Gasteiger partial charge in [0, 0.05) is 5.38 Å². The first-order chi connectivity index (χ1) is 8.56. The number of nitrogen functional groups attached to an aromatic ring is 1. The van der Waals surface area contributed by atoms with Gasteiger partial charge in [0.05, 0.1) is 6.04 Å². The highest BCUT2D eigenvalue weighted by molar-refractivity contribution is 7.13. The van der Waals surface area contributed by atoms with Crippen molar-refractivity contribution in [1.29, 1.82) is 0 Å². The number of carbonyl (C=O) groups is 1. The fraction of sp³-hybridized carbons (Fsp3) is 0.167. The van der Waals surface area contributed by atoms with Gasteiger partial charge in [0.25, 0.3) is 5.91 Å². The second kappa shape index (κ2) is 5.14. The highest BCUT2D eigenvalue weighted by Crippen LogP contribution is 2.15.